The molecule has 1 fully saturated rings. The third-order valence-electron chi connectivity index (χ3n) is 3.99. The number of likely N-dealkylation sites (N-methyl/N-ethyl adjacent to an activating group) is 1. The lowest BCUT2D eigenvalue weighted by molar-refractivity contribution is -0.122. The maximum atomic E-state index is 11.9. The van der Waals surface area contributed by atoms with E-state index in [9.17, 15) is 4.79 Å². The van der Waals surface area contributed by atoms with Crippen LogP contribution in [0, 0.1) is 0 Å². The Morgan fingerprint density at radius 2 is 2.09 bits per heavy atom. The number of carbonyl (C=O) groups is 1. The summed E-state index contributed by atoms with van der Waals surface area (Å²) in [5.74, 6) is 0.934. The molecule has 0 bridgehead atoms. The molecule has 7 heteroatoms. The number of rotatable bonds is 5. The minimum Gasteiger partial charge on any atom is -0.354 e. The molecule has 7 nitrogen and oxygen atoms in total. The SMILES string of the molecule is CN1CCN(c2cc(CNC(=O)Cn3cccn3)ccn2)CC1. The number of nitrogens with zero attached hydrogens (tertiary/aromatic N) is 5. The van der Waals surface area contributed by atoms with E-state index < -0.39 is 0 Å². The Morgan fingerprint density at radius 1 is 1.26 bits per heavy atom. The Balaban J connectivity index is 1.54. The maximum absolute atomic E-state index is 11.9. The summed E-state index contributed by atoms with van der Waals surface area (Å²) in [6.45, 7) is 4.81. The van der Waals surface area contributed by atoms with E-state index in [1.165, 1.54) is 0 Å². The summed E-state index contributed by atoms with van der Waals surface area (Å²) in [6.07, 6.45) is 5.25. The van der Waals surface area contributed by atoms with Gasteiger partial charge in [0.25, 0.3) is 0 Å². The molecule has 3 rings (SSSR count). The molecule has 0 aromatic carbocycles. The van der Waals surface area contributed by atoms with Crippen LogP contribution in [0.25, 0.3) is 0 Å². The second-order valence-electron chi connectivity index (χ2n) is 5.79. The van der Waals surface area contributed by atoms with Gasteiger partial charge >= 0.3 is 0 Å². The third-order valence-corrected chi connectivity index (χ3v) is 3.99. The van der Waals surface area contributed by atoms with E-state index in [0.717, 1.165) is 37.6 Å². The number of hydrogen-bond acceptors (Lipinski definition) is 5. The smallest absolute Gasteiger partial charge is 0.241 e. The molecule has 0 saturated carbocycles. The van der Waals surface area contributed by atoms with E-state index in [0.29, 0.717) is 6.54 Å². The number of pyridine rings is 1. The van der Waals surface area contributed by atoms with Gasteiger partial charge in [-0.1, -0.05) is 0 Å². The highest BCUT2D eigenvalue weighted by atomic mass is 16.2. The minimum absolute atomic E-state index is 0.0494. The summed E-state index contributed by atoms with van der Waals surface area (Å²) >= 11 is 0. The van der Waals surface area contributed by atoms with Gasteiger partial charge < -0.3 is 15.1 Å². The first-order valence-corrected chi connectivity index (χ1v) is 7.83. The summed E-state index contributed by atoms with van der Waals surface area (Å²) in [6, 6.07) is 5.80. The van der Waals surface area contributed by atoms with Crippen molar-refractivity contribution >= 4 is 11.7 Å². The number of nitrogens with one attached hydrogen (secondary N) is 1. The van der Waals surface area contributed by atoms with Crippen LogP contribution in [0.3, 0.4) is 0 Å². The highest BCUT2D eigenvalue weighted by molar-refractivity contribution is 5.75. The predicted molar refractivity (Wildman–Crippen MR) is 88.0 cm³/mol. The molecule has 2 aromatic rings. The van der Waals surface area contributed by atoms with E-state index in [1.807, 2.05) is 12.3 Å². The van der Waals surface area contributed by atoms with Crippen molar-refractivity contribution in [1.82, 2.24) is 25.0 Å². The quantitative estimate of drug-likeness (QED) is 0.862. The van der Waals surface area contributed by atoms with Crippen LogP contribution < -0.4 is 10.2 Å². The van der Waals surface area contributed by atoms with Crippen LogP contribution in [0.1, 0.15) is 5.56 Å². The number of amides is 1. The van der Waals surface area contributed by atoms with Crippen molar-refractivity contribution in [3.63, 3.8) is 0 Å². The van der Waals surface area contributed by atoms with E-state index in [-0.39, 0.29) is 12.5 Å². The molecule has 1 saturated heterocycles. The molecule has 1 N–H and O–H groups in total. The molecule has 0 aliphatic carbocycles. The van der Waals surface area contributed by atoms with Crippen molar-refractivity contribution in [1.29, 1.82) is 0 Å². The van der Waals surface area contributed by atoms with Gasteiger partial charge in [0.05, 0.1) is 0 Å². The molecule has 0 unspecified atom stereocenters. The minimum atomic E-state index is -0.0494. The van der Waals surface area contributed by atoms with Crippen molar-refractivity contribution in [3.8, 4) is 0 Å². The molecule has 0 atom stereocenters. The molecule has 1 aliphatic rings. The zero-order chi connectivity index (χ0) is 16.1. The van der Waals surface area contributed by atoms with Crippen LogP contribution in [0.15, 0.2) is 36.8 Å². The molecule has 3 heterocycles. The Bertz CT molecular complexity index is 634. The van der Waals surface area contributed by atoms with Crippen molar-refractivity contribution in [2.75, 3.05) is 38.1 Å². The van der Waals surface area contributed by atoms with Gasteiger partial charge in [-0.25, -0.2) is 4.98 Å². The molecular formula is C16H22N6O. The molecule has 0 spiro atoms. The summed E-state index contributed by atoms with van der Waals surface area (Å²) in [5.41, 5.74) is 1.06. The van der Waals surface area contributed by atoms with Crippen molar-refractivity contribution in [2.24, 2.45) is 0 Å². The molecule has 23 heavy (non-hydrogen) atoms. The van der Waals surface area contributed by atoms with Crippen molar-refractivity contribution < 1.29 is 4.79 Å². The second-order valence-corrected chi connectivity index (χ2v) is 5.79. The molecular weight excluding hydrogens is 292 g/mol. The zero-order valence-corrected chi connectivity index (χ0v) is 13.4. The lowest BCUT2D eigenvalue weighted by atomic mass is 10.2. The molecule has 0 radical (unpaired) electrons. The average molecular weight is 314 g/mol. The lowest BCUT2D eigenvalue weighted by Crippen LogP contribution is -2.44. The number of carbonyl (C=O) groups excluding carboxylic acids is 1. The highest BCUT2D eigenvalue weighted by Crippen LogP contribution is 2.14. The van der Waals surface area contributed by atoms with Crippen LogP contribution in [0.2, 0.25) is 0 Å². The van der Waals surface area contributed by atoms with Gasteiger partial charge in [-0.2, -0.15) is 5.10 Å². The number of anilines is 1. The Morgan fingerprint density at radius 3 is 2.83 bits per heavy atom. The number of piperazine rings is 1. The van der Waals surface area contributed by atoms with Gasteiger partial charge in [-0.15, -0.1) is 0 Å². The second kappa shape index (κ2) is 7.23. The van der Waals surface area contributed by atoms with E-state index in [2.05, 4.69) is 38.3 Å². The third kappa shape index (κ3) is 4.29. The molecule has 1 amide bonds. The van der Waals surface area contributed by atoms with Gasteiger partial charge in [-0.3, -0.25) is 9.48 Å². The van der Waals surface area contributed by atoms with Crippen molar-refractivity contribution in [2.45, 2.75) is 13.1 Å². The van der Waals surface area contributed by atoms with Gasteiger partial charge in [-0.05, 0) is 30.8 Å². The summed E-state index contributed by atoms with van der Waals surface area (Å²) in [5, 5.41) is 6.95. The molecule has 122 valence electrons. The average Bonchev–Trinajstić information content (AvgIpc) is 3.07. The first-order chi connectivity index (χ1) is 11.2. The standard InChI is InChI=1S/C16H22N6O/c1-20-7-9-21(10-8-20)15-11-14(3-5-17-15)12-18-16(23)13-22-6-2-4-19-22/h2-6,11H,7-10,12-13H2,1H3,(H,18,23). The first-order valence-electron chi connectivity index (χ1n) is 7.83. The fourth-order valence-electron chi connectivity index (χ4n) is 2.58. The van der Waals surface area contributed by atoms with Crippen LogP contribution in [-0.2, 0) is 17.9 Å². The van der Waals surface area contributed by atoms with Crippen LogP contribution in [0.5, 0.6) is 0 Å². The lowest BCUT2D eigenvalue weighted by Gasteiger charge is -2.33. The Labute approximate surface area is 135 Å². The summed E-state index contributed by atoms with van der Waals surface area (Å²) in [7, 11) is 2.14. The topological polar surface area (TPSA) is 66.3 Å². The Kier molecular flexibility index (Phi) is 4.87. The van der Waals surface area contributed by atoms with Gasteiger partial charge in [0.15, 0.2) is 0 Å². The largest absolute Gasteiger partial charge is 0.354 e. The predicted octanol–water partition coefficient (Wildman–Crippen LogP) is 0.346. The van der Waals surface area contributed by atoms with Crippen LogP contribution >= 0.6 is 0 Å². The number of hydrogen-bond donors (Lipinski definition) is 1. The van der Waals surface area contributed by atoms with Gasteiger partial charge in [0.2, 0.25) is 5.91 Å². The van der Waals surface area contributed by atoms with Gasteiger partial charge in [0, 0.05) is 51.3 Å². The molecule has 2 aromatic heterocycles. The zero-order valence-electron chi connectivity index (χ0n) is 13.4. The van der Waals surface area contributed by atoms with Crippen molar-refractivity contribution in [3.05, 3.63) is 42.4 Å². The van der Waals surface area contributed by atoms with Gasteiger partial charge in [0.1, 0.15) is 12.4 Å². The van der Waals surface area contributed by atoms with E-state index in [1.54, 1.807) is 23.1 Å². The molecule has 1 aliphatic heterocycles. The van der Waals surface area contributed by atoms with Crippen LogP contribution in [0.4, 0.5) is 5.82 Å². The highest BCUT2D eigenvalue weighted by Gasteiger charge is 2.15. The summed E-state index contributed by atoms with van der Waals surface area (Å²) in [4.78, 5) is 21.0. The fourth-order valence-corrected chi connectivity index (χ4v) is 2.58. The first kappa shape index (κ1) is 15.5. The Hall–Kier alpha value is -2.41. The monoisotopic (exact) mass is 314 g/mol. The van der Waals surface area contributed by atoms with E-state index >= 15 is 0 Å². The van der Waals surface area contributed by atoms with E-state index in [4.69, 9.17) is 0 Å². The number of aromatic nitrogens is 3. The maximum Gasteiger partial charge on any atom is 0.241 e. The van der Waals surface area contributed by atoms with Crippen LogP contribution in [-0.4, -0.2) is 58.8 Å². The normalized spacial score (nSPS) is 15.6. The summed E-state index contributed by atoms with van der Waals surface area (Å²) < 4.78 is 1.61. The fraction of sp³-hybridized carbons (Fsp3) is 0.438.